The van der Waals surface area contributed by atoms with E-state index < -0.39 is 0 Å². The number of benzene rings is 3. The molecule has 3 aromatic rings. The Bertz CT molecular complexity index is 965. The molecule has 0 radical (unpaired) electrons. The molecular weight excluding hydrogens is 324 g/mol. The Morgan fingerprint density at radius 2 is 1.65 bits per heavy atom. The number of rotatable bonds is 4. The van der Waals surface area contributed by atoms with E-state index in [-0.39, 0.29) is 11.8 Å². The lowest BCUT2D eigenvalue weighted by Crippen LogP contribution is -2.01. The molecule has 0 saturated carbocycles. The number of aromatic hydroxyl groups is 1. The van der Waals surface area contributed by atoms with Crippen molar-refractivity contribution in [1.82, 2.24) is 0 Å². The zero-order valence-electron chi connectivity index (χ0n) is 14.1. The van der Waals surface area contributed by atoms with Crippen LogP contribution in [0.3, 0.4) is 0 Å². The first kappa shape index (κ1) is 16.1. The molecule has 3 aromatic carbocycles. The highest BCUT2D eigenvalue weighted by atomic mass is 16.5. The summed E-state index contributed by atoms with van der Waals surface area (Å²) in [6, 6.07) is 24.9. The van der Waals surface area contributed by atoms with E-state index in [2.05, 4.69) is 17.1 Å². The van der Waals surface area contributed by atoms with Gasteiger partial charge in [0, 0.05) is 11.8 Å². The highest BCUT2D eigenvalue weighted by molar-refractivity contribution is 6.01. The van der Waals surface area contributed by atoms with Gasteiger partial charge in [-0.3, -0.25) is 4.99 Å². The Kier molecular flexibility index (Phi) is 4.48. The van der Waals surface area contributed by atoms with E-state index in [9.17, 15) is 5.11 Å². The molecule has 4 heteroatoms. The second kappa shape index (κ2) is 7.23. The van der Waals surface area contributed by atoms with Crippen molar-refractivity contribution < 1.29 is 9.84 Å². The van der Waals surface area contributed by atoms with Crippen LogP contribution in [-0.2, 0) is 4.74 Å². The van der Waals surface area contributed by atoms with Crippen LogP contribution in [0.15, 0.2) is 88.8 Å². The van der Waals surface area contributed by atoms with Gasteiger partial charge in [0.15, 0.2) is 0 Å². The minimum Gasteiger partial charge on any atom is -0.507 e. The minimum absolute atomic E-state index is 0.00130. The molecule has 4 rings (SSSR count). The van der Waals surface area contributed by atoms with Crippen molar-refractivity contribution in [3.8, 4) is 5.75 Å². The first-order chi connectivity index (χ1) is 12.8. The van der Waals surface area contributed by atoms with Crippen molar-refractivity contribution >= 4 is 17.8 Å². The summed E-state index contributed by atoms with van der Waals surface area (Å²) in [5.74, 6) is 0.802. The van der Waals surface area contributed by atoms with Gasteiger partial charge in [-0.15, -0.1) is 0 Å². The van der Waals surface area contributed by atoms with E-state index >= 15 is 0 Å². The van der Waals surface area contributed by atoms with Crippen molar-refractivity contribution in [3.05, 3.63) is 95.6 Å². The molecule has 1 aliphatic heterocycles. The molecule has 4 nitrogen and oxygen atoms in total. The predicted octanol–water partition coefficient (Wildman–Crippen LogP) is 4.66. The molecule has 1 N–H and O–H groups in total. The van der Waals surface area contributed by atoms with Crippen LogP contribution in [-0.4, -0.2) is 23.8 Å². The fraction of sp³-hybridized carbons (Fsp3) is 0.0909. The van der Waals surface area contributed by atoms with Crippen LogP contribution in [0, 0.1) is 0 Å². The highest BCUT2D eigenvalue weighted by Gasteiger charge is 2.23. The lowest BCUT2D eigenvalue weighted by molar-refractivity contribution is 0.320. The first-order valence-electron chi connectivity index (χ1n) is 8.48. The molecule has 0 saturated heterocycles. The number of ether oxygens (including phenoxy) is 1. The van der Waals surface area contributed by atoms with E-state index in [4.69, 9.17) is 9.73 Å². The summed E-state index contributed by atoms with van der Waals surface area (Å²) in [6.45, 7) is 0.525. The largest absolute Gasteiger partial charge is 0.507 e. The Morgan fingerprint density at radius 1 is 0.923 bits per heavy atom. The molecule has 0 fully saturated rings. The summed E-state index contributed by atoms with van der Waals surface area (Å²) in [7, 11) is 0. The number of nitrogens with zero attached hydrogens (tertiary/aromatic N) is 2. The molecule has 0 bridgehead atoms. The van der Waals surface area contributed by atoms with Gasteiger partial charge in [-0.05, 0) is 29.8 Å². The van der Waals surface area contributed by atoms with Crippen molar-refractivity contribution in [2.45, 2.75) is 6.04 Å². The predicted molar refractivity (Wildman–Crippen MR) is 103 cm³/mol. The standard InChI is InChI=1S/C22H18N2O2/c25-21-13-7-4-10-17(21)14-23-19-12-6-5-11-18(19)22-24-20(15-26-22)16-8-2-1-3-9-16/h1-14,20,25H,15H2/t20-/m1/s1. The van der Waals surface area contributed by atoms with Gasteiger partial charge in [0.25, 0.3) is 0 Å². The zero-order valence-corrected chi connectivity index (χ0v) is 14.1. The molecular formula is C22H18N2O2. The van der Waals surface area contributed by atoms with Gasteiger partial charge in [0.05, 0.1) is 11.3 Å². The van der Waals surface area contributed by atoms with Crippen LogP contribution >= 0.6 is 0 Å². The third-order valence-electron chi connectivity index (χ3n) is 4.25. The summed E-state index contributed by atoms with van der Waals surface area (Å²) in [5.41, 5.74) is 3.40. The second-order valence-corrected chi connectivity index (χ2v) is 6.01. The topological polar surface area (TPSA) is 54.2 Å². The van der Waals surface area contributed by atoms with E-state index in [1.165, 1.54) is 0 Å². The van der Waals surface area contributed by atoms with Crippen LogP contribution in [0.5, 0.6) is 5.75 Å². The van der Waals surface area contributed by atoms with Crippen molar-refractivity contribution in [3.63, 3.8) is 0 Å². The average molecular weight is 342 g/mol. The molecule has 0 unspecified atom stereocenters. The Hall–Kier alpha value is -3.40. The van der Waals surface area contributed by atoms with Gasteiger partial charge in [-0.2, -0.15) is 0 Å². The van der Waals surface area contributed by atoms with Crippen molar-refractivity contribution in [2.24, 2.45) is 9.98 Å². The summed E-state index contributed by atoms with van der Waals surface area (Å²) >= 11 is 0. The lowest BCUT2D eigenvalue weighted by Gasteiger charge is -2.05. The van der Waals surface area contributed by atoms with Crippen LogP contribution in [0.1, 0.15) is 22.7 Å². The zero-order chi connectivity index (χ0) is 17.8. The fourth-order valence-corrected chi connectivity index (χ4v) is 2.87. The number of aliphatic imine (C=N–C) groups is 2. The maximum atomic E-state index is 9.89. The molecule has 1 aliphatic rings. The number of phenols is 1. The fourth-order valence-electron chi connectivity index (χ4n) is 2.87. The van der Waals surface area contributed by atoms with E-state index in [0.717, 1.165) is 16.8 Å². The first-order valence-corrected chi connectivity index (χ1v) is 8.48. The number of phenolic OH excluding ortho intramolecular Hbond substituents is 1. The third-order valence-corrected chi connectivity index (χ3v) is 4.25. The Balaban J connectivity index is 1.63. The van der Waals surface area contributed by atoms with E-state index in [1.807, 2.05) is 54.6 Å². The maximum absolute atomic E-state index is 9.89. The van der Waals surface area contributed by atoms with Gasteiger partial charge in [-0.1, -0.05) is 54.6 Å². The third kappa shape index (κ3) is 3.35. The average Bonchev–Trinajstić information content (AvgIpc) is 3.18. The van der Waals surface area contributed by atoms with Gasteiger partial charge in [0.2, 0.25) is 5.90 Å². The highest BCUT2D eigenvalue weighted by Crippen LogP contribution is 2.29. The van der Waals surface area contributed by atoms with Gasteiger partial charge >= 0.3 is 0 Å². The van der Waals surface area contributed by atoms with Gasteiger partial charge < -0.3 is 9.84 Å². The van der Waals surface area contributed by atoms with Crippen LogP contribution in [0.25, 0.3) is 0 Å². The van der Waals surface area contributed by atoms with E-state index in [1.54, 1.807) is 18.3 Å². The summed E-state index contributed by atoms with van der Waals surface area (Å²) < 4.78 is 5.85. The molecule has 128 valence electrons. The normalized spacial score (nSPS) is 16.5. The molecule has 1 heterocycles. The molecule has 0 aliphatic carbocycles. The van der Waals surface area contributed by atoms with Crippen LogP contribution in [0.2, 0.25) is 0 Å². The Morgan fingerprint density at radius 3 is 2.50 bits per heavy atom. The van der Waals surface area contributed by atoms with Gasteiger partial charge in [0.1, 0.15) is 18.4 Å². The summed E-state index contributed by atoms with van der Waals surface area (Å²) in [6.07, 6.45) is 1.65. The lowest BCUT2D eigenvalue weighted by atomic mass is 10.1. The monoisotopic (exact) mass is 342 g/mol. The maximum Gasteiger partial charge on any atom is 0.219 e. The number of para-hydroxylation sites is 2. The minimum atomic E-state index is 0.00130. The van der Waals surface area contributed by atoms with Crippen LogP contribution < -0.4 is 0 Å². The summed E-state index contributed by atoms with van der Waals surface area (Å²) in [4.78, 5) is 9.27. The van der Waals surface area contributed by atoms with Crippen molar-refractivity contribution in [2.75, 3.05) is 6.61 Å². The number of hydrogen-bond acceptors (Lipinski definition) is 4. The second-order valence-electron chi connectivity index (χ2n) is 6.01. The summed E-state index contributed by atoms with van der Waals surface area (Å²) in [5, 5.41) is 9.89. The smallest absolute Gasteiger partial charge is 0.219 e. The Labute approximate surface area is 152 Å². The van der Waals surface area contributed by atoms with Crippen LogP contribution in [0.4, 0.5) is 5.69 Å². The molecule has 26 heavy (non-hydrogen) atoms. The SMILES string of the molecule is Oc1ccccc1C=Nc1ccccc1C1=N[C@@H](c2ccccc2)CO1. The van der Waals surface area contributed by atoms with Crippen molar-refractivity contribution in [1.29, 1.82) is 0 Å². The van der Waals surface area contributed by atoms with E-state index in [0.29, 0.717) is 18.1 Å². The van der Waals surface area contributed by atoms with Gasteiger partial charge in [-0.25, -0.2) is 4.99 Å². The molecule has 0 amide bonds. The quantitative estimate of drug-likeness (QED) is 0.701. The molecule has 0 spiro atoms. The number of hydrogen-bond donors (Lipinski definition) is 1. The molecule has 0 aromatic heterocycles. The molecule has 1 atom stereocenters.